The summed E-state index contributed by atoms with van der Waals surface area (Å²) < 4.78 is 25.4. The number of nitrogens with one attached hydrogen (secondary N) is 1. The summed E-state index contributed by atoms with van der Waals surface area (Å²) in [6.45, 7) is 1.39. The molecule has 1 atom stereocenters. The van der Waals surface area contributed by atoms with Crippen molar-refractivity contribution < 1.29 is 13.2 Å². The van der Waals surface area contributed by atoms with Gasteiger partial charge in [0, 0.05) is 31.6 Å². The predicted octanol–water partition coefficient (Wildman–Crippen LogP) is 0.984. The zero-order valence-corrected chi connectivity index (χ0v) is 15.2. The summed E-state index contributed by atoms with van der Waals surface area (Å²) in [6.07, 6.45) is 4.60. The zero-order valence-electron chi connectivity index (χ0n) is 13.6. The molecule has 0 radical (unpaired) electrons. The lowest BCUT2D eigenvalue weighted by molar-refractivity contribution is 0.0733. The van der Waals surface area contributed by atoms with Crippen molar-refractivity contribution in [3.63, 3.8) is 0 Å². The number of nitrogens with zero attached hydrogens (tertiary/aromatic N) is 3. The number of halogens is 1. The van der Waals surface area contributed by atoms with E-state index in [9.17, 15) is 13.2 Å². The van der Waals surface area contributed by atoms with Crippen LogP contribution in [0.1, 0.15) is 23.3 Å². The van der Waals surface area contributed by atoms with E-state index in [0.29, 0.717) is 12.1 Å². The summed E-state index contributed by atoms with van der Waals surface area (Å²) in [6, 6.07) is 5.33. The summed E-state index contributed by atoms with van der Waals surface area (Å²) in [5, 5.41) is 3.00. The molecule has 0 bridgehead atoms. The van der Waals surface area contributed by atoms with Crippen molar-refractivity contribution in [2.24, 2.45) is 0 Å². The van der Waals surface area contributed by atoms with Crippen molar-refractivity contribution in [3.05, 3.63) is 30.1 Å². The molecule has 3 heterocycles. The fraction of sp³-hybridized carbons (Fsp3) is 0.467. The summed E-state index contributed by atoms with van der Waals surface area (Å²) in [5.74, 6) is -0.207. The Kier molecular flexibility index (Phi) is 5.52. The monoisotopic (exact) mass is 372 g/mol. The van der Waals surface area contributed by atoms with Crippen LogP contribution in [0.2, 0.25) is 0 Å². The van der Waals surface area contributed by atoms with Gasteiger partial charge in [-0.3, -0.25) is 9.20 Å². The Morgan fingerprint density at radius 3 is 2.83 bits per heavy atom. The first-order valence-corrected chi connectivity index (χ1v) is 9.45. The van der Waals surface area contributed by atoms with Gasteiger partial charge in [-0.05, 0) is 32.0 Å². The number of sulfone groups is 1. The van der Waals surface area contributed by atoms with Gasteiger partial charge < -0.3 is 10.2 Å². The number of carbonyl (C=O) groups is 1. The molecule has 1 unspecified atom stereocenters. The van der Waals surface area contributed by atoms with Gasteiger partial charge in [0.2, 0.25) is 15.0 Å². The minimum absolute atomic E-state index is 0. The molecule has 1 saturated heterocycles. The van der Waals surface area contributed by atoms with Crippen LogP contribution in [0.25, 0.3) is 5.52 Å². The summed E-state index contributed by atoms with van der Waals surface area (Å²) in [7, 11) is -1.66. The lowest BCUT2D eigenvalue weighted by Crippen LogP contribution is -2.41. The largest absolute Gasteiger partial charge is 0.333 e. The highest BCUT2D eigenvalue weighted by atomic mass is 35.5. The van der Waals surface area contributed by atoms with Crippen LogP contribution in [0, 0.1) is 0 Å². The van der Waals surface area contributed by atoms with E-state index in [-0.39, 0.29) is 35.2 Å². The Morgan fingerprint density at radius 2 is 2.17 bits per heavy atom. The molecule has 1 amide bonds. The fourth-order valence-electron chi connectivity index (χ4n) is 3.12. The van der Waals surface area contributed by atoms with Crippen molar-refractivity contribution in [1.29, 1.82) is 0 Å². The molecule has 1 aliphatic heterocycles. The standard InChI is InChI=1S/C15H20N4O3S.ClH/c1-16-10-11-6-5-9-18(11)14(20)13-12-7-3-4-8-19(12)15(17-13)23(2,21)22;/h3-4,7-8,11,16H,5-6,9-10H2,1-2H3;1H. The average Bonchev–Trinajstić information content (AvgIpc) is 3.10. The van der Waals surface area contributed by atoms with Gasteiger partial charge in [0.05, 0.1) is 5.52 Å². The molecule has 0 aromatic carbocycles. The van der Waals surface area contributed by atoms with Gasteiger partial charge in [0.1, 0.15) is 0 Å². The number of fused-ring (bicyclic) bond motifs is 1. The molecule has 24 heavy (non-hydrogen) atoms. The number of amides is 1. The molecule has 0 spiro atoms. The minimum atomic E-state index is -3.52. The summed E-state index contributed by atoms with van der Waals surface area (Å²) in [5.41, 5.74) is 0.724. The molecule has 7 nitrogen and oxygen atoms in total. The van der Waals surface area contributed by atoms with Crippen LogP contribution in [-0.4, -0.2) is 61.0 Å². The first-order valence-electron chi connectivity index (χ1n) is 7.56. The maximum absolute atomic E-state index is 12.9. The topological polar surface area (TPSA) is 83.8 Å². The van der Waals surface area contributed by atoms with Crippen LogP contribution in [0.4, 0.5) is 0 Å². The van der Waals surface area contributed by atoms with Crippen molar-refractivity contribution in [2.45, 2.75) is 24.0 Å². The van der Waals surface area contributed by atoms with Crippen LogP contribution in [0.5, 0.6) is 0 Å². The van der Waals surface area contributed by atoms with Crippen molar-refractivity contribution in [1.82, 2.24) is 19.6 Å². The second-order valence-electron chi connectivity index (χ2n) is 5.82. The number of likely N-dealkylation sites (tertiary alicyclic amines) is 1. The van der Waals surface area contributed by atoms with E-state index < -0.39 is 9.84 Å². The molecular formula is C15H21ClN4O3S. The van der Waals surface area contributed by atoms with Crippen molar-refractivity contribution in [3.8, 4) is 0 Å². The van der Waals surface area contributed by atoms with Crippen molar-refractivity contribution in [2.75, 3.05) is 26.4 Å². The molecule has 9 heteroatoms. The van der Waals surface area contributed by atoms with Gasteiger partial charge in [-0.1, -0.05) is 6.07 Å². The van der Waals surface area contributed by atoms with E-state index in [1.807, 2.05) is 7.05 Å². The minimum Gasteiger partial charge on any atom is -0.333 e. The van der Waals surface area contributed by atoms with Crippen LogP contribution < -0.4 is 5.32 Å². The third-order valence-electron chi connectivity index (χ3n) is 4.13. The van der Waals surface area contributed by atoms with E-state index >= 15 is 0 Å². The van der Waals surface area contributed by atoms with E-state index in [1.54, 1.807) is 29.3 Å². The molecule has 2 aromatic rings. The van der Waals surface area contributed by atoms with E-state index in [0.717, 1.165) is 25.6 Å². The SMILES string of the molecule is CNCC1CCCN1C(=O)c1nc(S(C)(=O)=O)n2ccccc12.Cl. The van der Waals surface area contributed by atoms with E-state index in [1.165, 1.54) is 4.40 Å². The first kappa shape index (κ1) is 18.7. The number of pyridine rings is 1. The Bertz CT molecular complexity index is 850. The van der Waals surface area contributed by atoms with Crippen LogP contribution >= 0.6 is 12.4 Å². The summed E-state index contributed by atoms with van der Waals surface area (Å²) >= 11 is 0. The zero-order chi connectivity index (χ0) is 16.6. The van der Waals surface area contributed by atoms with Crippen molar-refractivity contribution >= 4 is 33.7 Å². The lowest BCUT2D eigenvalue weighted by atomic mass is 10.2. The number of hydrogen-bond donors (Lipinski definition) is 1. The first-order chi connectivity index (χ1) is 10.9. The maximum Gasteiger partial charge on any atom is 0.275 e. The average molecular weight is 373 g/mol. The number of aromatic nitrogens is 2. The van der Waals surface area contributed by atoms with Gasteiger partial charge in [-0.2, -0.15) is 0 Å². The van der Waals surface area contributed by atoms with Crippen LogP contribution in [0.3, 0.4) is 0 Å². The fourth-order valence-corrected chi connectivity index (χ4v) is 3.89. The number of carbonyl (C=O) groups excluding carboxylic acids is 1. The molecule has 3 rings (SSSR count). The van der Waals surface area contributed by atoms with E-state index in [4.69, 9.17) is 0 Å². The summed E-state index contributed by atoms with van der Waals surface area (Å²) in [4.78, 5) is 18.9. The smallest absolute Gasteiger partial charge is 0.275 e. The highest BCUT2D eigenvalue weighted by molar-refractivity contribution is 7.90. The molecule has 132 valence electrons. The maximum atomic E-state index is 12.9. The Balaban J connectivity index is 0.00000208. The Labute approximate surface area is 147 Å². The van der Waals surface area contributed by atoms with Gasteiger partial charge >= 0.3 is 0 Å². The van der Waals surface area contributed by atoms with Gasteiger partial charge in [-0.25, -0.2) is 13.4 Å². The number of rotatable bonds is 4. The lowest BCUT2D eigenvalue weighted by Gasteiger charge is -2.23. The van der Waals surface area contributed by atoms with Gasteiger partial charge in [0.25, 0.3) is 5.91 Å². The molecule has 0 saturated carbocycles. The van der Waals surface area contributed by atoms with Crippen LogP contribution in [-0.2, 0) is 9.84 Å². The van der Waals surface area contributed by atoms with Gasteiger partial charge in [-0.15, -0.1) is 12.4 Å². The number of imidazole rings is 1. The molecule has 1 N–H and O–H groups in total. The highest BCUT2D eigenvalue weighted by Gasteiger charge is 2.32. The predicted molar refractivity (Wildman–Crippen MR) is 93.5 cm³/mol. The molecule has 1 fully saturated rings. The Morgan fingerprint density at radius 1 is 1.42 bits per heavy atom. The molecular weight excluding hydrogens is 352 g/mol. The second kappa shape index (κ2) is 7.08. The second-order valence-corrected chi connectivity index (χ2v) is 7.73. The molecule has 0 aliphatic carbocycles. The molecule has 1 aliphatic rings. The quantitative estimate of drug-likeness (QED) is 0.865. The number of likely N-dealkylation sites (N-methyl/N-ethyl adjacent to an activating group) is 1. The molecule has 2 aromatic heterocycles. The van der Waals surface area contributed by atoms with Crippen LogP contribution in [0.15, 0.2) is 29.6 Å². The number of hydrogen-bond acceptors (Lipinski definition) is 5. The van der Waals surface area contributed by atoms with Gasteiger partial charge in [0.15, 0.2) is 5.69 Å². The normalized spacial score (nSPS) is 17.9. The highest BCUT2D eigenvalue weighted by Crippen LogP contribution is 2.23. The third-order valence-corrected chi connectivity index (χ3v) is 5.08. The van der Waals surface area contributed by atoms with E-state index in [2.05, 4.69) is 10.3 Å². The third kappa shape index (κ3) is 3.26. The Hall–Kier alpha value is -1.64.